The predicted octanol–water partition coefficient (Wildman–Crippen LogP) is 2.63. The van der Waals surface area contributed by atoms with Crippen molar-refractivity contribution >= 4 is 16.7 Å². The van der Waals surface area contributed by atoms with E-state index in [1.807, 2.05) is 24.3 Å². The van der Waals surface area contributed by atoms with Crippen LogP contribution in [-0.2, 0) is 4.74 Å². The van der Waals surface area contributed by atoms with Crippen LogP contribution in [0.3, 0.4) is 0 Å². The van der Waals surface area contributed by atoms with Gasteiger partial charge in [0.2, 0.25) is 5.88 Å². The lowest BCUT2D eigenvalue weighted by atomic mass is 10.1. The monoisotopic (exact) mass is 257 g/mol. The van der Waals surface area contributed by atoms with Gasteiger partial charge in [0.1, 0.15) is 6.61 Å². The number of fused-ring (bicyclic) bond motifs is 1. The Labute approximate surface area is 111 Å². The molecule has 1 aromatic heterocycles. The molecule has 0 N–H and O–H groups in total. The molecule has 0 amide bonds. The molecule has 0 spiro atoms. The number of aromatic nitrogens is 1. The first-order valence-corrected chi connectivity index (χ1v) is 5.94. The van der Waals surface area contributed by atoms with Crippen molar-refractivity contribution in [2.24, 2.45) is 0 Å². The van der Waals surface area contributed by atoms with E-state index < -0.39 is 0 Å². The Morgan fingerprint density at radius 3 is 2.89 bits per heavy atom. The van der Waals surface area contributed by atoms with Crippen molar-refractivity contribution in [1.82, 2.24) is 4.98 Å². The summed E-state index contributed by atoms with van der Waals surface area (Å²) in [5.74, 6) is 0.117. The fourth-order valence-corrected chi connectivity index (χ4v) is 1.72. The Morgan fingerprint density at radius 2 is 2.16 bits per heavy atom. The van der Waals surface area contributed by atoms with E-state index in [1.54, 1.807) is 13.2 Å². The van der Waals surface area contributed by atoms with E-state index in [2.05, 4.69) is 11.6 Å². The lowest BCUT2D eigenvalue weighted by molar-refractivity contribution is 0.103. The van der Waals surface area contributed by atoms with E-state index in [0.717, 1.165) is 10.9 Å². The molecule has 2 rings (SSSR count). The number of ketones is 1. The maximum Gasteiger partial charge on any atom is 0.225 e. The molecule has 0 bridgehead atoms. The molecule has 0 fully saturated rings. The van der Waals surface area contributed by atoms with Crippen LogP contribution >= 0.6 is 0 Å². The lowest BCUT2D eigenvalue weighted by Gasteiger charge is -2.09. The molecule has 4 heteroatoms. The molecule has 19 heavy (non-hydrogen) atoms. The molecule has 0 aliphatic heterocycles. The van der Waals surface area contributed by atoms with Crippen LogP contribution in [0.4, 0.5) is 0 Å². The number of rotatable bonds is 6. The molecule has 0 atom stereocenters. The fraction of sp³-hybridized carbons (Fsp3) is 0.200. The van der Waals surface area contributed by atoms with Gasteiger partial charge in [-0.25, -0.2) is 4.98 Å². The van der Waals surface area contributed by atoms with E-state index >= 15 is 0 Å². The average Bonchev–Trinajstić information content (AvgIpc) is 2.46. The summed E-state index contributed by atoms with van der Waals surface area (Å²) >= 11 is 0. The van der Waals surface area contributed by atoms with Crippen LogP contribution < -0.4 is 4.74 Å². The number of nitrogens with zero attached hydrogens (tertiary/aromatic N) is 1. The van der Waals surface area contributed by atoms with Gasteiger partial charge in [-0.2, -0.15) is 0 Å². The van der Waals surface area contributed by atoms with Crippen LogP contribution in [0, 0.1) is 0 Å². The van der Waals surface area contributed by atoms with Crippen LogP contribution in [0.25, 0.3) is 10.9 Å². The predicted molar refractivity (Wildman–Crippen MR) is 73.6 cm³/mol. The number of benzene rings is 1. The van der Waals surface area contributed by atoms with E-state index in [1.165, 1.54) is 6.08 Å². The molecule has 4 nitrogen and oxygen atoms in total. The zero-order valence-corrected chi connectivity index (χ0v) is 10.8. The molecule has 1 heterocycles. The van der Waals surface area contributed by atoms with Crippen LogP contribution in [0.5, 0.6) is 5.88 Å². The molecule has 0 aliphatic rings. The third-order valence-electron chi connectivity index (χ3n) is 2.67. The van der Waals surface area contributed by atoms with Crippen LogP contribution in [0.15, 0.2) is 43.0 Å². The van der Waals surface area contributed by atoms with E-state index in [-0.39, 0.29) is 5.78 Å². The second-order valence-electron chi connectivity index (χ2n) is 3.94. The van der Waals surface area contributed by atoms with Crippen LogP contribution in [0.2, 0.25) is 0 Å². The number of methoxy groups -OCH3 is 1. The number of pyridine rings is 1. The minimum Gasteiger partial charge on any atom is -0.475 e. The van der Waals surface area contributed by atoms with Gasteiger partial charge in [-0.15, -0.1) is 0 Å². The Balaban J connectivity index is 2.44. The van der Waals surface area contributed by atoms with Gasteiger partial charge in [-0.05, 0) is 18.2 Å². The summed E-state index contributed by atoms with van der Waals surface area (Å²) in [6.45, 7) is 4.28. The van der Waals surface area contributed by atoms with Crippen molar-refractivity contribution in [3.05, 3.63) is 48.6 Å². The highest BCUT2D eigenvalue weighted by atomic mass is 16.5. The minimum atomic E-state index is -0.203. The first-order chi connectivity index (χ1) is 9.26. The Bertz CT molecular complexity index is 607. The number of ether oxygens (including phenoxy) is 2. The molecule has 0 aliphatic carbocycles. The van der Waals surface area contributed by atoms with Gasteiger partial charge in [0.05, 0.1) is 17.7 Å². The summed E-state index contributed by atoms with van der Waals surface area (Å²) in [7, 11) is 1.59. The molecule has 0 unspecified atom stereocenters. The second kappa shape index (κ2) is 6.11. The highest BCUT2D eigenvalue weighted by molar-refractivity contribution is 6.07. The van der Waals surface area contributed by atoms with Crippen LogP contribution in [-0.4, -0.2) is 31.1 Å². The summed E-state index contributed by atoms with van der Waals surface area (Å²) in [6, 6.07) is 9.34. The van der Waals surface area contributed by atoms with Crippen molar-refractivity contribution in [1.29, 1.82) is 0 Å². The van der Waals surface area contributed by atoms with Gasteiger partial charge < -0.3 is 9.47 Å². The Kier molecular flexibility index (Phi) is 4.26. The topological polar surface area (TPSA) is 48.4 Å². The second-order valence-corrected chi connectivity index (χ2v) is 3.94. The van der Waals surface area contributed by atoms with Gasteiger partial charge >= 0.3 is 0 Å². The summed E-state index contributed by atoms with van der Waals surface area (Å²) in [5.41, 5.74) is 1.21. The summed E-state index contributed by atoms with van der Waals surface area (Å²) < 4.78 is 10.4. The van der Waals surface area contributed by atoms with E-state index in [0.29, 0.717) is 24.7 Å². The molecular weight excluding hydrogens is 242 g/mol. The van der Waals surface area contributed by atoms with E-state index in [4.69, 9.17) is 9.47 Å². The maximum absolute atomic E-state index is 11.8. The SMILES string of the molecule is C=CC(=O)c1cc2ccccc2nc1OCCOC. The molecule has 0 radical (unpaired) electrons. The average molecular weight is 257 g/mol. The largest absolute Gasteiger partial charge is 0.475 e. The molecule has 1 aromatic carbocycles. The van der Waals surface area contributed by atoms with E-state index in [9.17, 15) is 4.79 Å². The quantitative estimate of drug-likeness (QED) is 0.453. The van der Waals surface area contributed by atoms with Crippen molar-refractivity contribution in [2.45, 2.75) is 0 Å². The number of hydrogen-bond donors (Lipinski definition) is 0. The van der Waals surface area contributed by atoms with Gasteiger partial charge in [-0.1, -0.05) is 24.8 Å². The number of carbonyl (C=O) groups excluding carboxylic acids is 1. The molecule has 0 saturated heterocycles. The lowest BCUT2D eigenvalue weighted by Crippen LogP contribution is -2.09. The summed E-state index contributed by atoms with van der Waals surface area (Å²) in [5, 5.41) is 0.895. The smallest absolute Gasteiger partial charge is 0.225 e. The highest BCUT2D eigenvalue weighted by Crippen LogP contribution is 2.23. The third kappa shape index (κ3) is 2.98. The fourth-order valence-electron chi connectivity index (χ4n) is 1.72. The summed E-state index contributed by atoms with van der Waals surface area (Å²) in [6.07, 6.45) is 1.26. The van der Waals surface area contributed by atoms with Gasteiger partial charge in [0.25, 0.3) is 0 Å². The maximum atomic E-state index is 11.8. The van der Waals surface area contributed by atoms with Gasteiger partial charge in [-0.3, -0.25) is 4.79 Å². The Morgan fingerprint density at radius 1 is 1.37 bits per heavy atom. The number of hydrogen-bond acceptors (Lipinski definition) is 4. The van der Waals surface area contributed by atoms with Crippen molar-refractivity contribution < 1.29 is 14.3 Å². The van der Waals surface area contributed by atoms with Crippen molar-refractivity contribution in [2.75, 3.05) is 20.3 Å². The molecule has 98 valence electrons. The normalized spacial score (nSPS) is 10.4. The highest BCUT2D eigenvalue weighted by Gasteiger charge is 2.13. The molecular formula is C15H15NO3. The first kappa shape index (κ1) is 13.2. The number of allylic oxidation sites excluding steroid dienone is 1. The number of para-hydroxylation sites is 1. The van der Waals surface area contributed by atoms with Gasteiger partial charge in [0, 0.05) is 12.5 Å². The van der Waals surface area contributed by atoms with Gasteiger partial charge in [0.15, 0.2) is 5.78 Å². The summed E-state index contributed by atoms with van der Waals surface area (Å²) in [4.78, 5) is 16.2. The zero-order chi connectivity index (χ0) is 13.7. The standard InChI is InChI=1S/C15H15NO3/c1-3-14(17)12-10-11-6-4-5-7-13(11)16-15(12)19-9-8-18-2/h3-7,10H,1,8-9H2,2H3. The third-order valence-corrected chi connectivity index (χ3v) is 2.67. The number of carbonyl (C=O) groups is 1. The van der Waals surface area contributed by atoms with Crippen LogP contribution in [0.1, 0.15) is 10.4 Å². The van der Waals surface area contributed by atoms with Crippen molar-refractivity contribution in [3.63, 3.8) is 0 Å². The molecule has 2 aromatic rings. The first-order valence-electron chi connectivity index (χ1n) is 5.94. The zero-order valence-electron chi connectivity index (χ0n) is 10.8. The van der Waals surface area contributed by atoms with Crippen molar-refractivity contribution in [3.8, 4) is 5.88 Å². The Hall–Kier alpha value is -2.20. The molecule has 0 saturated carbocycles. The minimum absolute atomic E-state index is 0.203.